The number of hydrogen-bond acceptors (Lipinski definition) is 4. The first kappa shape index (κ1) is 14.1. The molecule has 1 fully saturated rings. The van der Waals surface area contributed by atoms with E-state index >= 15 is 0 Å². The molecule has 112 valence electrons. The first-order valence-corrected chi connectivity index (χ1v) is 7.78. The predicted molar refractivity (Wildman–Crippen MR) is 85.8 cm³/mol. The van der Waals surface area contributed by atoms with Crippen molar-refractivity contribution >= 4 is 16.9 Å². The van der Waals surface area contributed by atoms with Crippen molar-refractivity contribution in [1.82, 2.24) is 14.9 Å². The molecule has 3 rings (SSSR count). The summed E-state index contributed by atoms with van der Waals surface area (Å²) in [6.07, 6.45) is 5.29. The molecule has 0 atom stereocenters. The molecule has 0 unspecified atom stereocenters. The van der Waals surface area contributed by atoms with Gasteiger partial charge < -0.3 is 10.2 Å². The van der Waals surface area contributed by atoms with Crippen molar-refractivity contribution in [2.24, 2.45) is 0 Å². The van der Waals surface area contributed by atoms with E-state index in [9.17, 15) is 4.79 Å². The van der Waals surface area contributed by atoms with Crippen LogP contribution in [0.15, 0.2) is 29.1 Å². The van der Waals surface area contributed by atoms with Crippen LogP contribution in [0.1, 0.15) is 25.7 Å². The number of hydrogen-bond donors (Lipinski definition) is 2. The molecule has 1 aromatic carbocycles. The second kappa shape index (κ2) is 6.72. The molecule has 1 aromatic heterocycles. The minimum Gasteiger partial charge on any atom is -0.354 e. The molecule has 21 heavy (non-hydrogen) atoms. The Balaban J connectivity index is 1.61. The molecule has 2 heterocycles. The quantitative estimate of drug-likeness (QED) is 0.904. The monoisotopic (exact) mass is 286 g/mol. The zero-order valence-electron chi connectivity index (χ0n) is 12.3. The van der Waals surface area contributed by atoms with Gasteiger partial charge in [-0.1, -0.05) is 25.0 Å². The van der Waals surface area contributed by atoms with Crippen LogP contribution in [0.25, 0.3) is 10.9 Å². The van der Waals surface area contributed by atoms with Gasteiger partial charge in [-0.15, -0.1) is 0 Å². The van der Waals surface area contributed by atoms with Gasteiger partial charge in [-0.3, -0.25) is 9.78 Å². The molecule has 1 aliphatic rings. The molecule has 0 aliphatic carbocycles. The lowest BCUT2D eigenvalue weighted by atomic mass is 10.2. The van der Waals surface area contributed by atoms with Crippen molar-refractivity contribution in [1.29, 1.82) is 0 Å². The third-order valence-corrected chi connectivity index (χ3v) is 4.03. The maximum atomic E-state index is 12.0. The minimum absolute atomic E-state index is 0.0853. The largest absolute Gasteiger partial charge is 0.354 e. The minimum atomic E-state index is -0.0853. The summed E-state index contributed by atoms with van der Waals surface area (Å²) in [5.41, 5.74) is 0.649. The van der Waals surface area contributed by atoms with Crippen LogP contribution in [0.5, 0.6) is 0 Å². The number of para-hydroxylation sites is 1. The summed E-state index contributed by atoms with van der Waals surface area (Å²) in [5, 5.41) is 3.87. The van der Waals surface area contributed by atoms with E-state index < -0.39 is 0 Å². The van der Waals surface area contributed by atoms with E-state index in [2.05, 4.69) is 20.2 Å². The number of benzene rings is 1. The standard InChI is InChI=1S/C16H22N4O/c21-15-13-7-3-4-8-14(13)18-16(19-15)17-9-12-20-10-5-1-2-6-11-20/h3-4,7-8H,1-2,5-6,9-12H2,(H2,17,18,19,21). The Hall–Kier alpha value is -1.88. The molecule has 2 aromatic rings. The SMILES string of the molecule is O=c1[nH]c(NCCN2CCCCCC2)nc2ccccc12. The van der Waals surface area contributed by atoms with E-state index in [0.29, 0.717) is 11.3 Å². The molecule has 0 bridgehead atoms. The van der Waals surface area contributed by atoms with Crippen LogP contribution in [0.4, 0.5) is 5.95 Å². The lowest BCUT2D eigenvalue weighted by Gasteiger charge is -2.19. The van der Waals surface area contributed by atoms with Crippen LogP contribution in [-0.2, 0) is 0 Å². The van der Waals surface area contributed by atoms with E-state index in [-0.39, 0.29) is 5.56 Å². The second-order valence-electron chi connectivity index (χ2n) is 5.61. The normalized spacial score (nSPS) is 16.8. The van der Waals surface area contributed by atoms with Crippen molar-refractivity contribution in [3.05, 3.63) is 34.6 Å². The molecule has 0 saturated carbocycles. The third kappa shape index (κ3) is 3.61. The zero-order valence-corrected chi connectivity index (χ0v) is 12.3. The highest BCUT2D eigenvalue weighted by Crippen LogP contribution is 2.10. The molecule has 2 N–H and O–H groups in total. The van der Waals surface area contributed by atoms with Gasteiger partial charge >= 0.3 is 0 Å². The molecule has 5 heteroatoms. The summed E-state index contributed by atoms with van der Waals surface area (Å²) >= 11 is 0. The average Bonchev–Trinajstić information content (AvgIpc) is 2.76. The van der Waals surface area contributed by atoms with E-state index in [1.54, 1.807) is 6.07 Å². The number of rotatable bonds is 4. The third-order valence-electron chi connectivity index (χ3n) is 4.03. The van der Waals surface area contributed by atoms with Crippen molar-refractivity contribution < 1.29 is 0 Å². The average molecular weight is 286 g/mol. The summed E-state index contributed by atoms with van der Waals surface area (Å²) in [4.78, 5) is 21.7. The highest BCUT2D eigenvalue weighted by Gasteiger charge is 2.08. The van der Waals surface area contributed by atoms with Crippen LogP contribution < -0.4 is 10.9 Å². The van der Waals surface area contributed by atoms with E-state index in [1.165, 1.54) is 38.8 Å². The van der Waals surface area contributed by atoms with E-state index in [4.69, 9.17) is 0 Å². The second-order valence-corrected chi connectivity index (χ2v) is 5.61. The zero-order chi connectivity index (χ0) is 14.5. The van der Waals surface area contributed by atoms with Crippen molar-refractivity contribution in [2.45, 2.75) is 25.7 Å². The van der Waals surface area contributed by atoms with Crippen molar-refractivity contribution in [2.75, 3.05) is 31.5 Å². The van der Waals surface area contributed by atoms with Gasteiger partial charge in [0.1, 0.15) is 0 Å². The Bertz CT molecular complexity index is 644. The Labute approximate surface area is 124 Å². The van der Waals surface area contributed by atoms with E-state index in [0.717, 1.165) is 18.6 Å². The number of aromatic nitrogens is 2. The van der Waals surface area contributed by atoms with Gasteiger partial charge in [0.15, 0.2) is 0 Å². The van der Waals surface area contributed by atoms with Crippen LogP contribution in [0.2, 0.25) is 0 Å². The Morgan fingerprint density at radius 1 is 1.14 bits per heavy atom. The molecule has 1 saturated heterocycles. The number of nitrogens with one attached hydrogen (secondary N) is 2. The Morgan fingerprint density at radius 2 is 1.90 bits per heavy atom. The summed E-state index contributed by atoms with van der Waals surface area (Å²) < 4.78 is 0. The number of fused-ring (bicyclic) bond motifs is 1. The summed E-state index contributed by atoms with van der Waals surface area (Å²) in [6, 6.07) is 7.41. The topological polar surface area (TPSA) is 61.0 Å². The summed E-state index contributed by atoms with van der Waals surface area (Å²) in [7, 11) is 0. The Kier molecular flexibility index (Phi) is 4.50. The van der Waals surface area contributed by atoms with Gasteiger partial charge in [0.05, 0.1) is 10.9 Å². The van der Waals surface area contributed by atoms with Crippen LogP contribution in [0.3, 0.4) is 0 Å². The van der Waals surface area contributed by atoms with Crippen LogP contribution in [0, 0.1) is 0 Å². The lowest BCUT2D eigenvalue weighted by molar-refractivity contribution is 0.296. The first-order chi connectivity index (χ1) is 10.3. The van der Waals surface area contributed by atoms with Crippen LogP contribution >= 0.6 is 0 Å². The highest BCUT2D eigenvalue weighted by atomic mass is 16.1. The highest BCUT2D eigenvalue weighted by molar-refractivity contribution is 5.78. The predicted octanol–water partition coefficient (Wildman–Crippen LogP) is 2.21. The van der Waals surface area contributed by atoms with Gasteiger partial charge in [0.25, 0.3) is 5.56 Å². The maximum absolute atomic E-state index is 12.0. The molecular formula is C16H22N4O. The number of aromatic amines is 1. The molecular weight excluding hydrogens is 264 g/mol. The summed E-state index contributed by atoms with van der Waals surface area (Å²) in [6.45, 7) is 4.17. The number of anilines is 1. The fourth-order valence-corrected chi connectivity index (χ4v) is 2.86. The van der Waals surface area contributed by atoms with Gasteiger partial charge in [0, 0.05) is 13.1 Å². The number of likely N-dealkylation sites (tertiary alicyclic amines) is 1. The van der Waals surface area contributed by atoms with Crippen LogP contribution in [-0.4, -0.2) is 41.0 Å². The first-order valence-electron chi connectivity index (χ1n) is 7.78. The Morgan fingerprint density at radius 3 is 2.71 bits per heavy atom. The lowest BCUT2D eigenvalue weighted by Crippen LogP contribution is -2.30. The molecule has 0 amide bonds. The molecule has 0 radical (unpaired) electrons. The number of nitrogens with zero attached hydrogens (tertiary/aromatic N) is 2. The summed E-state index contributed by atoms with van der Waals surface area (Å²) in [5.74, 6) is 0.563. The van der Waals surface area contributed by atoms with Gasteiger partial charge in [-0.05, 0) is 38.1 Å². The van der Waals surface area contributed by atoms with Gasteiger partial charge in [0.2, 0.25) is 5.95 Å². The smallest absolute Gasteiger partial charge is 0.260 e. The maximum Gasteiger partial charge on any atom is 0.260 e. The van der Waals surface area contributed by atoms with E-state index in [1.807, 2.05) is 18.2 Å². The molecule has 1 aliphatic heterocycles. The van der Waals surface area contributed by atoms with Gasteiger partial charge in [-0.2, -0.15) is 0 Å². The molecule has 5 nitrogen and oxygen atoms in total. The molecule has 0 spiro atoms. The fraction of sp³-hybridized carbons (Fsp3) is 0.500. The van der Waals surface area contributed by atoms with Crippen molar-refractivity contribution in [3.63, 3.8) is 0 Å². The van der Waals surface area contributed by atoms with Gasteiger partial charge in [-0.25, -0.2) is 4.98 Å². The number of H-pyrrole nitrogens is 1. The van der Waals surface area contributed by atoms with Crippen molar-refractivity contribution in [3.8, 4) is 0 Å². The fourth-order valence-electron chi connectivity index (χ4n) is 2.86.